The molecule has 5 rings (SSSR count). The minimum atomic E-state index is -0.109. The van der Waals surface area contributed by atoms with Gasteiger partial charge in [0.25, 0.3) is 0 Å². The van der Waals surface area contributed by atoms with Gasteiger partial charge in [-0.1, -0.05) is 36.4 Å². The molecule has 1 aliphatic rings. The van der Waals surface area contributed by atoms with Crippen molar-refractivity contribution in [2.75, 3.05) is 12.0 Å². The number of pyridine rings is 1. The number of rotatable bonds is 5. The first kappa shape index (κ1) is 22.2. The Labute approximate surface area is 206 Å². The van der Waals surface area contributed by atoms with Crippen LogP contribution in [0.3, 0.4) is 0 Å². The second-order valence-corrected chi connectivity index (χ2v) is 8.94. The first-order valence-electron chi connectivity index (χ1n) is 11.4. The number of aromatic nitrogens is 2. The van der Waals surface area contributed by atoms with Crippen LogP contribution in [0, 0.1) is 20.8 Å². The van der Waals surface area contributed by atoms with Crippen LogP contribution in [0.5, 0.6) is 5.75 Å². The molecule has 2 aromatic heterocycles. The van der Waals surface area contributed by atoms with E-state index in [1.165, 1.54) is 22.5 Å². The molecule has 4 aromatic rings. The van der Waals surface area contributed by atoms with Crippen molar-refractivity contribution in [3.05, 3.63) is 107 Å². The maximum atomic E-state index is 5.93. The summed E-state index contributed by atoms with van der Waals surface area (Å²) in [5.41, 5.74) is 7.95. The van der Waals surface area contributed by atoms with E-state index in [1.54, 1.807) is 7.11 Å². The molecule has 1 fully saturated rings. The van der Waals surface area contributed by atoms with Crippen molar-refractivity contribution in [3.63, 3.8) is 0 Å². The monoisotopic (exact) mass is 468 g/mol. The van der Waals surface area contributed by atoms with E-state index in [4.69, 9.17) is 21.9 Å². The Hall–Kier alpha value is -3.64. The highest BCUT2D eigenvalue weighted by atomic mass is 32.1. The van der Waals surface area contributed by atoms with Gasteiger partial charge in [0.15, 0.2) is 5.11 Å². The topological polar surface area (TPSA) is 42.3 Å². The molecule has 1 saturated heterocycles. The molecule has 0 spiro atoms. The van der Waals surface area contributed by atoms with Crippen LogP contribution in [-0.4, -0.2) is 21.8 Å². The number of thiocarbonyl (C=S) groups is 1. The van der Waals surface area contributed by atoms with E-state index in [2.05, 4.69) is 72.0 Å². The van der Waals surface area contributed by atoms with Gasteiger partial charge in [0.05, 0.1) is 30.6 Å². The van der Waals surface area contributed by atoms with Crippen molar-refractivity contribution >= 4 is 23.0 Å². The van der Waals surface area contributed by atoms with E-state index in [-0.39, 0.29) is 12.1 Å². The summed E-state index contributed by atoms with van der Waals surface area (Å²) in [6.45, 7) is 6.58. The second kappa shape index (κ2) is 8.95. The third-order valence-electron chi connectivity index (χ3n) is 6.76. The molecular weight excluding hydrogens is 440 g/mol. The van der Waals surface area contributed by atoms with Gasteiger partial charge < -0.3 is 19.5 Å². The molecule has 172 valence electrons. The van der Waals surface area contributed by atoms with E-state index in [9.17, 15) is 0 Å². The van der Waals surface area contributed by atoms with Crippen LogP contribution in [0.4, 0.5) is 5.69 Å². The Bertz CT molecular complexity index is 1330. The number of ether oxygens (including phenoxy) is 1. The molecule has 0 aliphatic carbocycles. The number of hydrogen-bond acceptors (Lipinski definition) is 3. The van der Waals surface area contributed by atoms with Crippen LogP contribution in [0.1, 0.15) is 40.3 Å². The lowest BCUT2D eigenvalue weighted by Crippen LogP contribution is -2.30. The van der Waals surface area contributed by atoms with Gasteiger partial charge in [-0.05, 0) is 75.0 Å². The van der Waals surface area contributed by atoms with Gasteiger partial charge >= 0.3 is 0 Å². The Morgan fingerprint density at radius 3 is 2.29 bits per heavy atom. The zero-order valence-electron chi connectivity index (χ0n) is 19.8. The second-order valence-electron chi connectivity index (χ2n) is 8.55. The van der Waals surface area contributed by atoms with Crippen molar-refractivity contribution in [1.29, 1.82) is 0 Å². The van der Waals surface area contributed by atoms with Crippen molar-refractivity contribution in [1.82, 2.24) is 14.9 Å². The Kier molecular flexibility index (Phi) is 5.84. The molecule has 3 heterocycles. The summed E-state index contributed by atoms with van der Waals surface area (Å²) < 4.78 is 8.08. The molecule has 0 saturated carbocycles. The third kappa shape index (κ3) is 3.55. The van der Waals surface area contributed by atoms with Gasteiger partial charge in [0, 0.05) is 28.8 Å². The summed E-state index contributed by atoms with van der Waals surface area (Å²) in [6.07, 6.45) is 1.84. The third-order valence-corrected chi connectivity index (χ3v) is 7.07. The molecule has 2 aromatic carbocycles. The highest BCUT2D eigenvalue weighted by Gasteiger charge is 2.44. The van der Waals surface area contributed by atoms with E-state index in [0.29, 0.717) is 5.11 Å². The van der Waals surface area contributed by atoms with Gasteiger partial charge in [-0.2, -0.15) is 0 Å². The van der Waals surface area contributed by atoms with E-state index in [0.717, 1.165) is 22.8 Å². The minimum Gasteiger partial charge on any atom is -0.495 e. The van der Waals surface area contributed by atoms with Crippen LogP contribution >= 0.6 is 12.2 Å². The Balaban J connectivity index is 1.75. The number of nitrogens with one attached hydrogen (secondary N) is 1. The quantitative estimate of drug-likeness (QED) is 0.365. The molecule has 1 aliphatic heterocycles. The van der Waals surface area contributed by atoms with Crippen molar-refractivity contribution in [3.8, 4) is 11.4 Å². The largest absolute Gasteiger partial charge is 0.495 e. The Morgan fingerprint density at radius 1 is 0.882 bits per heavy atom. The summed E-state index contributed by atoms with van der Waals surface area (Å²) in [7, 11) is 1.70. The number of para-hydroxylation sites is 3. The molecule has 1 N–H and O–H groups in total. The zero-order chi connectivity index (χ0) is 23.8. The molecule has 0 amide bonds. The van der Waals surface area contributed by atoms with Gasteiger partial charge in [-0.15, -0.1) is 0 Å². The number of nitrogens with zero attached hydrogens (tertiary/aromatic N) is 3. The number of anilines is 1. The molecule has 5 nitrogen and oxygen atoms in total. The SMILES string of the molecule is COc1ccccc1N1C(=S)NC(c2ccccn2)C1c1c(C)c(C)n(-c2ccccc2)c1C. The molecule has 0 radical (unpaired) electrons. The fraction of sp³-hybridized carbons (Fsp3) is 0.214. The van der Waals surface area contributed by atoms with Crippen LogP contribution in [0.15, 0.2) is 79.0 Å². The lowest BCUT2D eigenvalue weighted by atomic mass is 9.93. The molecular formula is C28H28N4OS. The summed E-state index contributed by atoms with van der Waals surface area (Å²) in [4.78, 5) is 6.89. The number of methoxy groups -OCH3 is 1. The van der Waals surface area contributed by atoms with Crippen LogP contribution < -0.4 is 15.0 Å². The van der Waals surface area contributed by atoms with E-state index in [1.807, 2.05) is 42.6 Å². The smallest absolute Gasteiger partial charge is 0.174 e. The number of benzene rings is 2. The molecule has 34 heavy (non-hydrogen) atoms. The van der Waals surface area contributed by atoms with Gasteiger partial charge in [-0.3, -0.25) is 4.98 Å². The summed E-state index contributed by atoms with van der Waals surface area (Å²) in [6, 6.07) is 24.4. The van der Waals surface area contributed by atoms with Crippen LogP contribution in [-0.2, 0) is 0 Å². The first-order chi connectivity index (χ1) is 16.5. The normalized spacial score (nSPS) is 17.6. The van der Waals surface area contributed by atoms with E-state index >= 15 is 0 Å². The van der Waals surface area contributed by atoms with E-state index < -0.39 is 0 Å². The van der Waals surface area contributed by atoms with Gasteiger partial charge in [0.1, 0.15) is 5.75 Å². The predicted octanol–water partition coefficient (Wildman–Crippen LogP) is 5.98. The molecule has 0 bridgehead atoms. The highest BCUT2D eigenvalue weighted by Crippen LogP contribution is 2.47. The summed E-state index contributed by atoms with van der Waals surface area (Å²) in [5, 5.41) is 4.23. The zero-order valence-corrected chi connectivity index (χ0v) is 20.6. The molecule has 2 atom stereocenters. The van der Waals surface area contributed by atoms with Crippen LogP contribution in [0.25, 0.3) is 5.69 Å². The van der Waals surface area contributed by atoms with Crippen molar-refractivity contribution in [2.45, 2.75) is 32.9 Å². The maximum Gasteiger partial charge on any atom is 0.174 e. The lowest BCUT2D eigenvalue weighted by Gasteiger charge is -2.30. The van der Waals surface area contributed by atoms with Gasteiger partial charge in [-0.25, -0.2) is 0 Å². The average molecular weight is 469 g/mol. The average Bonchev–Trinajstić information content (AvgIpc) is 3.32. The minimum absolute atomic E-state index is 0.0950. The summed E-state index contributed by atoms with van der Waals surface area (Å²) in [5.74, 6) is 0.785. The molecule has 2 unspecified atom stereocenters. The standard InChI is InChI=1S/C28H28N4OS/c1-18-19(2)31(21-12-6-5-7-13-21)20(3)25(18)27-26(22-14-10-11-17-29-22)30-28(34)32(27)23-15-8-9-16-24(23)33-4/h5-17,26-27H,1-4H3,(H,30,34). The number of hydrogen-bond donors (Lipinski definition) is 1. The molecule has 6 heteroatoms. The lowest BCUT2D eigenvalue weighted by molar-refractivity contribution is 0.414. The fourth-order valence-corrected chi connectivity index (χ4v) is 5.48. The van der Waals surface area contributed by atoms with Gasteiger partial charge in [0.2, 0.25) is 0 Å². The fourth-order valence-electron chi connectivity index (χ4n) is 5.14. The van der Waals surface area contributed by atoms with Crippen molar-refractivity contribution < 1.29 is 4.74 Å². The summed E-state index contributed by atoms with van der Waals surface area (Å²) >= 11 is 5.93. The Morgan fingerprint density at radius 2 is 1.59 bits per heavy atom. The maximum absolute atomic E-state index is 5.93. The highest BCUT2D eigenvalue weighted by molar-refractivity contribution is 7.80. The van der Waals surface area contributed by atoms with Crippen molar-refractivity contribution in [2.24, 2.45) is 0 Å². The predicted molar refractivity (Wildman–Crippen MR) is 141 cm³/mol. The van der Waals surface area contributed by atoms with Crippen LogP contribution in [0.2, 0.25) is 0 Å². The first-order valence-corrected chi connectivity index (χ1v) is 11.8.